The Balaban J connectivity index is 1.36. The zero-order chi connectivity index (χ0) is 36.5. The maximum atomic E-state index is 14.8. The lowest BCUT2D eigenvalue weighted by atomic mass is 9.77. The van der Waals surface area contributed by atoms with Gasteiger partial charge in [0.1, 0.15) is 18.4 Å². The first-order valence-corrected chi connectivity index (χ1v) is 17.3. The molecule has 9 nitrogen and oxygen atoms in total. The predicted molar refractivity (Wildman–Crippen MR) is 193 cm³/mol. The molecule has 0 aliphatic carbocycles. The van der Waals surface area contributed by atoms with Crippen LogP contribution in [0.1, 0.15) is 83.6 Å². The predicted octanol–water partition coefficient (Wildman–Crippen LogP) is 8.91. The molecule has 1 heterocycles. The number of carbonyl (C=O) groups excluding carboxylic acids is 2. The molecular formula is C37H38ClF2N5O4S. The number of nitrogens with zero attached hydrogens (tertiary/aromatic N) is 3. The van der Waals surface area contributed by atoms with Crippen LogP contribution in [-0.4, -0.2) is 46.9 Å². The average Bonchev–Trinajstić information content (AvgIpc) is 3.08. The minimum atomic E-state index is -3.12. The number of nitrogens with one attached hydrogen (secondary N) is 2. The molecule has 262 valence electrons. The zero-order valence-electron chi connectivity index (χ0n) is 28.4. The molecule has 0 spiro atoms. The van der Waals surface area contributed by atoms with Gasteiger partial charge in [0.05, 0.1) is 28.5 Å². The second-order valence-electron chi connectivity index (χ2n) is 12.0. The maximum Gasteiger partial charge on any atom is 0.253 e. The molecule has 0 saturated heterocycles. The third-order valence-corrected chi connectivity index (χ3v) is 8.74. The van der Waals surface area contributed by atoms with Crippen LogP contribution in [0.4, 0.5) is 20.4 Å². The van der Waals surface area contributed by atoms with E-state index in [1.54, 1.807) is 36.5 Å². The van der Waals surface area contributed by atoms with Crippen molar-refractivity contribution < 1.29 is 27.8 Å². The van der Waals surface area contributed by atoms with Gasteiger partial charge in [-0.05, 0) is 61.4 Å². The third kappa shape index (κ3) is 9.70. The van der Waals surface area contributed by atoms with E-state index in [1.165, 1.54) is 31.9 Å². The first-order valence-electron chi connectivity index (χ1n) is 15.7. The van der Waals surface area contributed by atoms with E-state index >= 15 is 0 Å². The van der Waals surface area contributed by atoms with Crippen molar-refractivity contribution in [3.8, 4) is 17.6 Å². The van der Waals surface area contributed by atoms with E-state index < -0.39 is 24.2 Å². The second kappa shape index (κ2) is 16.8. The van der Waals surface area contributed by atoms with Crippen LogP contribution in [0.25, 0.3) is 0 Å². The molecule has 3 aromatic carbocycles. The van der Waals surface area contributed by atoms with Crippen LogP contribution in [0, 0.1) is 11.3 Å². The molecule has 13 heteroatoms. The summed E-state index contributed by atoms with van der Waals surface area (Å²) in [7, 11) is 0. The number of rotatable bonds is 17. The number of ether oxygens (including phenoxy) is 2. The van der Waals surface area contributed by atoms with Gasteiger partial charge in [-0.2, -0.15) is 5.26 Å². The minimum absolute atomic E-state index is 0.0409. The lowest BCUT2D eigenvalue weighted by Crippen LogP contribution is -2.24. The third-order valence-electron chi connectivity index (χ3n) is 8.07. The van der Waals surface area contributed by atoms with Crippen molar-refractivity contribution in [2.75, 3.05) is 29.4 Å². The Morgan fingerprint density at radius 3 is 2.40 bits per heavy atom. The van der Waals surface area contributed by atoms with Gasteiger partial charge in [-0.3, -0.25) is 14.3 Å². The summed E-state index contributed by atoms with van der Waals surface area (Å²) >= 11 is 7.98. The summed E-state index contributed by atoms with van der Waals surface area (Å²) in [5, 5.41) is 12.9. The molecule has 0 amide bonds. The van der Waals surface area contributed by atoms with E-state index in [1.807, 2.05) is 44.4 Å². The van der Waals surface area contributed by atoms with Crippen molar-refractivity contribution >= 4 is 46.8 Å². The molecule has 0 aliphatic heterocycles. The Hall–Kier alpha value is -4.73. The van der Waals surface area contributed by atoms with Crippen LogP contribution < -0.4 is 19.5 Å². The number of hydrogen-bond acceptors (Lipinski definition) is 10. The van der Waals surface area contributed by atoms with Crippen LogP contribution in [0.3, 0.4) is 0 Å². The van der Waals surface area contributed by atoms with E-state index in [4.69, 9.17) is 21.1 Å². The van der Waals surface area contributed by atoms with Crippen molar-refractivity contribution in [3.05, 3.63) is 105 Å². The van der Waals surface area contributed by atoms with Crippen molar-refractivity contribution in [3.63, 3.8) is 0 Å². The number of carbonyl (C=O) groups is 2. The molecule has 0 aliphatic rings. The SMILES string of the molecule is CSNc1nccc(COc2ccc(C(C)(C)c3cc(Cl)c(OCCC(F)(F)CCNc4cccc(C(C)=O)c4C(C)=O)c(C#N)c3)cc2)n1. The Morgan fingerprint density at radius 1 is 1.00 bits per heavy atom. The summed E-state index contributed by atoms with van der Waals surface area (Å²) in [4.78, 5) is 32.6. The molecular weight excluding hydrogens is 684 g/mol. The molecule has 0 unspecified atom stereocenters. The van der Waals surface area contributed by atoms with Crippen molar-refractivity contribution in [1.82, 2.24) is 9.97 Å². The van der Waals surface area contributed by atoms with Gasteiger partial charge < -0.3 is 14.8 Å². The normalized spacial score (nSPS) is 11.4. The first-order chi connectivity index (χ1) is 23.8. The molecule has 0 saturated carbocycles. The van der Waals surface area contributed by atoms with Crippen molar-refractivity contribution in [2.24, 2.45) is 0 Å². The Bertz CT molecular complexity index is 1880. The van der Waals surface area contributed by atoms with Gasteiger partial charge >= 0.3 is 0 Å². The summed E-state index contributed by atoms with van der Waals surface area (Å²) in [6.07, 6.45) is 2.37. The summed E-state index contributed by atoms with van der Waals surface area (Å²) in [5.74, 6) is -2.55. The number of anilines is 2. The molecule has 0 radical (unpaired) electrons. The first kappa shape index (κ1) is 38.1. The summed E-state index contributed by atoms with van der Waals surface area (Å²) < 4.78 is 44.2. The highest BCUT2D eigenvalue weighted by atomic mass is 35.5. The fourth-order valence-electron chi connectivity index (χ4n) is 5.27. The summed E-state index contributed by atoms with van der Waals surface area (Å²) in [6, 6.07) is 19.5. The number of nitriles is 1. The number of benzene rings is 3. The van der Waals surface area contributed by atoms with E-state index in [9.17, 15) is 23.6 Å². The standard InChI is InChI=1S/C37H38ClF2N5O4S/c1-23(46)30-7-6-8-32(33(30)24(2)47)42-17-14-37(39,40)15-18-48-34-25(21-41)19-27(20-31(34)38)36(3,4)26-9-11-29(12-10-26)49-22-28-13-16-43-35(44-28)45-50-5/h6-13,16,19-20,42H,14-15,17-18,22H2,1-5H3,(H,43,44,45). The van der Waals surface area contributed by atoms with Gasteiger partial charge in [0.2, 0.25) is 5.95 Å². The Labute approximate surface area is 299 Å². The van der Waals surface area contributed by atoms with E-state index in [2.05, 4.69) is 26.1 Å². The van der Waals surface area contributed by atoms with Crippen LogP contribution in [-0.2, 0) is 12.0 Å². The van der Waals surface area contributed by atoms with E-state index in [-0.39, 0.29) is 58.8 Å². The number of halogens is 3. The lowest BCUT2D eigenvalue weighted by molar-refractivity contribution is -0.0230. The molecule has 4 aromatic rings. The fourth-order valence-corrected chi connectivity index (χ4v) is 5.83. The van der Waals surface area contributed by atoms with Crippen molar-refractivity contribution in [2.45, 2.75) is 58.5 Å². The lowest BCUT2D eigenvalue weighted by Gasteiger charge is -2.27. The fraction of sp³-hybridized carbons (Fsp3) is 0.324. The molecule has 0 atom stereocenters. The second-order valence-corrected chi connectivity index (χ2v) is 13.1. The topological polar surface area (TPSA) is 126 Å². The van der Waals surface area contributed by atoms with Crippen LogP contribution in [0.15, 0.2) is 66.9 Å². The smallest absolute Gasteiger partial charge is 0.253 e. The quantitative estimate of drug-likeness (QED) is 0.0806. The highest BCUT2D eigenvalue weighted by Crippen LogP contribution is 2.39. The molecule has 0 bridgehead atoms. The number of Topliss-reactive ketones (excluding diaryl/α,β-unsaturated/α-hetero) is 2. The minimum Gasteiger partial charge on any atom is -0.490 e. The molecule has 0 fully saturated rings. The highest BCUT2D eigenvalue weighted by Gasteiger charge is 2.30. The molecule has 1 aromatic heterocycles. The molecule has 50 heavy (non-hydrogen) atoms. The zero-order valence-corrected chi connectivity index (χ0v) is 30.0. The van der Waals surface area contributed by atoms with Crippen LogP contribution in [0.2, 0.25) is 5.02 Å². The maximum absolute atomic E-state index is 14.8. The van der Waals surface area contributed by atoms with E-state index in [0.29, 0.717) is 17.4 Å². The molecule has 4 rings (SSSR count). The summed E-state index contributed by atoms with van der Waals surface area (Å²) in [5.41, 5.74) is 2.69. The molecule has 2 N–H and O–H groups in total. The van der Waals surface area contributed by atoms with Gasteiger partial charge in [0, 0.05) is 48.5 Å². The van der Waals surface area contributed by atoms with Gasteiger partial charge in [-0.15, -0.1) is 0 Å². The number of ketones is 2. The number of alkyl halides is 2. The van der Waals surface area contributed by atoms with Gasteiger partial charge in [0.25, 0.3) is 5.92 Å². The van der Waals surface area contributed by atoms with Gasteiger partial charge in [-0.25, -0.2) is 18.7 Å². The highest BCUT2D eigenvalue weighted by molar-refractivity contribution is 7.99. The monoisotopic (exact) mass is 721 g/mol. The van der Waals surface area contributed by atoms with Crippen LogP contribution in [0.5, 0.6) is 11.5 Å². The van der Waals surface area contributed by atoms with Crippen molar-refractivity contribution in [1.29, 1.82) is 5.26 Å². The van der Waals surface area contributed by atoms with Crippen LogP contribution >= 0.6 is 23.5 Å². The Kier molecular flexibility index (Phi) is 12.8. The number of aromatic nitrogens is 2. The Morgan fingerprint density at radius 2 is 1.74 bits per heavy atom. The largest absolute Gasteiger partial charge is 0.490 e. The van der Waals surface area contributed by atoms with Gasteiger partial charge in [0.15, 0.2) is 17.3 Å². The number of hydrogen-bond donors (Lipinski definition) is 2. The van der Waals surface area contributed by atoms with Gasteiger partial charge in [-0.1, -0.05) is 61.7 Å². The summed E-state index contributed by atoms with van der Waals surface area (Å²) in [6.45, 7) is 6.38. The average molecular weight is 722 g/mol. The van der Waals surface area contributed by atoms with E-state index in [0.717, 1.165) is 16.8 Å².